The molecule has 4 heteroatoms. The van der Waals surface area contributed by atoms with Crippen LogP contribution < -0.4 is 0 Å². The Labute approximate surface area is 106 Å². The quantitative estimate of drug-likeness (QED) is 0.886. The van der Waals surface area contributed by atoms with Gasteiger partial charge in [0.15, 0.2) is 5.69 Å². The fourth-order valence-electron chi connectivity index (χ4n) is 2.01. The Bertz CT molecular complexity index is 606. The van der Waals surface area contributed by atoms with Crippen LogP contribution in [0.2, 0.25) is 0 Å². The molecule has 2 aromatic rings. The van der Waals surface area contributed by atoms with Crippen molar-refractivity contribution in [2.45, 2.75) is 34.1 Å². The number of imidazole rings is 1. The van der Waals surface area contributed by atoms with Crippen molar-refractivity contribution >= 4 is 11.5 Å². The summed E-state index contributed by atoms with van der Waals surface area (Å²) in [5, 5.41) is 9.21. The van der Waals surface area contributed by atoms with Gasteiger partial charge in [0, 0.05) is 12.6 Å². The van der Waals surface area contributed by atoms with Crippen LogP contribution in [-0.4, -0.2) is 20.5 Å². The van der Waals surface area contributed by atoms with E-state index in [0.717, 1.165) is 17.8 Å². The van der Waals surface area contributed by atoms with Crippen molar-refractivity contribution in [2.75, 3.05) is 0 Å². The zero-order valence-corrected chi connectivity index (χ0v) is 11.2. The van der Waals surface area contributed by atoms with Crippen LogP contribution in [0.15, 0.2) is 18.3 Å². The van der Waals surface area contributed by atoms with Crippen LogP contribution in [0.1, 0.15) is 42.6 Å². The molecule has 4 nitrogen and oxygen atoms in total. The van der Waals surface area contributed by atoms with Crippen molar-refractivity contribution < 1.29 is 9.90 Å². The van der Waals surface area contributed by atoms with Crippen LogP contribution in [0, 0.1) is 12.3 Å². The van der Waals surface area contributed by atoms with Crippen LogP contribution in [0.4, 0.5) is 0 Å². The van der Waals surface area contributed by atoms with Crippen molar-refractivity contribution in [3.05, 3.63) is 35.4 Å². The lowest BCUT2D eigenvalue weighted by Gasteiger charge is -2.16. The summed E-state index contributed by atoms with van der Waals surface area (Å²) < 4.78 is 1.88. The van der Waals surface area contributed by atoms with Gasteiger partial charge in [-0.15, -0.1) is 0 Å². The minimum atomic E-state index is -0.974. The molecule has 0 spiro atoms. The SMILES string of the molecule is Cc1ccn2c(CC(C)(C)C)nc(C(=O)O)c2c1. The average molecular weight is 246 g/mol. The normalized spacial score (nSPS) is 12.0. The molecule has 0 saturated carbocycles. The van der Waals surface area contributed by atoms with Crippen molar-refractivity contribution in [2.24, 2.45) is 5.41 Å². The molecule has 0 radical (unpaired) electrons. The second-order valence-electron chi connectivity index (χ2n) is 5.88. The zero-order valence-electron chi connectivity index (χ0n) is 11.2. The number of carbonyl (C=O) groups is 1. The molecule has 0 unspecified atom stereocenters. The van der Waals surface area contributed by atoms with Gasteiger partial charge in [-0.1, -0.05) is 20.8 Å². The molecule has 0 aliphatic heterocycles. The van der Waals surface area contributed by atoms with Crippen molar-refractivity contribution in [3.63, 3.8) is 0 Å². The summed E-state index contributed by atoms with van der Waals surface area (Å²) in [6, 6.07) is 3.83. The summed E-state index contributed by atoms with van der Waals surface area (Å²) in [6.45, 7) is 8.29. The third-order valence-corrected chi connectivity index (χ3v) is 2.76. The largest absolute Gasteiger partial charge is 0.476 e. The van der Waals surface area contributed by atoms with Gasteiger partial charge < -0.3 is 9.51 Å². The number of nitrogens with zero attached hydrogens (tertiary/aromatic N) is 2. The first-order valence-electron chi connectivity index (χ1n) is 5.99. The minimum Gasteiger partial charge on any atom is -0.476 e. The summed E-state index contributed by atoms with van der Waals surface area (Å²) in [5.74, 6) is -0.173. The maximum atomic E-state index is 11.2. The number of pyridine rings is 1. The number of aryl methyl sites for hydroxylation is 1. The van der Waals surface area contributed by atoms with E-state index < -0.39 is 5.97 Å². The molecule has 0 aliphatic rings. The first-order valence-corrected chi connectivity index (χ1v) is 5.99. The Kier molecular flexibility index (Phi) is 2.89. The number of hydrogen-bond acceptors (Lipinski definition) is 2. The van der Waals surface area contributed by atoms with Crippen LogP contribution in [0.5, 0.6) is 0 Å². The lowest BCUT2D eigenvalue weighted by atomic mass is 9.92. The van der Waals surface area contributed by atoms with E-state index in [9.17, 15) is 9.90 Å². The first kappa shape index (κ1) is 12.6. The van der Waals surface area contributed by atoms with E-state index in [1.165, 1.54) is 0 Å². The molecule has 0 saturated heterocycles. The topological polar surface area (TPSA) is 54.6 Å². The van der Waals surface area contributed by atoms with Crippen LogP contribution in [0.25, 0.3) is 5.52 Å². The van der Waals surface area contributed by atoms with Gasteiger partial charge in [0.25, 0.3) is 0 Å². The lowest BCUT2D eigenvalue weighted by Crippen LogP contribution is -2.12. The van der Waals surface area contributed by atoms with Crippen molar-refractivity contribution in [1.29, 1.82) is 0 Å². The van der Waals surface area contributed by atoms with Gasteiger partial charge in [-0.25, -0.2) is 9.78 Å². The van der Waals surface area contributed by atoms with E-state index in [0.29, 0.717) is 5.52 Å². The fourth-order valence-corrected chi connectivity index (χ4v) is 2.01. The molecule has 0 atom stereocenters. The Morgan fingerprint density at radius 2 is 2.11 bits per heavy atom. The monoisotopic (exact) mass is 246 g/mol. The third-order valence-electron chi connectivity index (χ3n) is 2.76. The molecule has 2 aromatic heterocycles. The third kappa shape index (κ3) is 2.37. The highest BCUT2D eigenvalue weighted by Crippen LogP contribution is 2.23. The highest BCUT2D eigenvalue weighted by Gasteiger charge is 2.20. The van der Waals surface area contributed by atoms with E-state index in [2.05, 4.69) is 25.8 Å². The maximum absolute atomic E-state index is 11.2. The molecule has 0 bridgehead atoms. The molecule has 0 aliphatic carbocycles. The predicted octanol–water partition coefficient (Wildman–Crippen LogP) is 2.93. The molecular formula is C14H18N2O2. The van der Waals surface area contributed by atoms with E-state index >= 15 is 0 Å². The highest BCUT2D eigenvalue weighted by molar-refractivity contribution is 5.93. The zero-order chi connectivity index (χ0) is 13.5. The van der Waals surface area contributed by atoms with Gasteiger partial charge >= 0.3 is 5.97 Å². The van der Waals surface area contributed by atoms with Gasteiger partial charge in [-0.2, -0.15) is 0 Å². The number of carboxylic acids is 1. The highest BCUT2D eigenvalue weighted by atomic mass is 16.4. The molecule has 1 N–H and O–H groups in total. The summed E-state index contributed by atoms with van der Waals surface area (Å²) in [7, 11) is 0. The molecular weight excluding hydrogens is 228 g/mol. The van der Waals surface area contributed by atoms with Gasteiger partial charge in [0.05, 0.1) is 5.52 Å². The van der Waals surface area contributed by atoms with Crippen LogP contribution in [0.3, 0.4) is 0 Å². The molecule has 96 valence electrons. The molecule has 0 aromatic carbocycles. The molecule has 2 heterocycles. The second kappa shape index (κ2) is 4.12. The number of carboxylic acid groups (broad SMARTS) is 1. The Balaban J connectivity index is 2.65. The summed E-state index contributed by atoms with van der Waals surface area (Å²) in [6.07, 6.45) is 2.63. The Hall–Kier alpha value is -1.84. The van der Waals surface area contributed by atoms with E-state index in [1.807, 2.05) is 29.7 Å². The van der Waals surface area contributed by atoms with Gasteiger partial charge in [-0.3, -0.25) is 0 Å². The Morgan fingerprint density at radius 1 is 1.44 bits per heavy atom. The van der Waals surface area contributed by atoms with Crippen LogP contribution in [-0.2, 0) is 6.42 Å². The summed E-state index contributed by atoms with van der Waals surface area (Å²) in [5.41, 5.74) is 1.91. The summed E-state index contributed by atoms with van der Waals surface area (Å²) >= 11 is 0. The van der Waals surface area contributed by atoms with Gasteiger partial charge in [0.2, 0.25) is 0 Å². The van der Waals surface area contributed by atoms with E-state index in [-0.39, 0.29) is 11.1 Å². The molecule has 18 heavy (non-hydrogen) atoms. The number of aromatic nitrogens is 2. The van der Waals surface area contributed by atoms with E-state index in [4.69, 9.17) is 0 Å². The molecule has 0 amide bonds. The fraction of sp³-hybridized carbons (Fsp3) is 0.429. The standard InChI is InChI=1S/C14H18N2O2/c1-9-5-6-16-10(7-9)12(13(17)18)15-11(16)8-14(2,3)4/h5-7H,8H2,1-4H3,(H,17,18). The van der Waals surface area contributed by atoms with E-state index in [1.54, 1.807) is 0 Å². The number of aromatic carboxylic acids is 1. The van der Waals surface area contributed by atoms with Crippen molar-refractivity contribution in [3.8, 4) is 0 Å². The number of fused-ring (bicyclic) bond motifs is 1. The minimum absolute atomic E-state index is 0.0714. The van der Waals surface area contributed by atoms with Gasteiger partial charge in [0.1, 0.15) is 5.82 Å². The maximum Gasteiger partial charge on any atom is 0.356 e. The smallest absolute Gasteiger partial charge is 0.356 e. The van der Waals surface area contributed by atoms with Crippen molar-refractivity contribution in [1.82, 2.24) is 9.38 Å². The predicted molar refractivity (Wildman–Crippen MR) is 70.0 cm³/mol. The average Bonchev–Trinajstić information content (AvgIpc) is 2.54. The molecule has 2 rings (SSSR count). The second-order valence-corrected chi connectivity index (χ2v) is 5.88. The Morgan fingerprint density at radius 3 is 2.67 bits per heavy atom. The number of rotatable bonds is 2. The molecule has 0 fully saturated rings. The number of hydrogen-bond donors (Lipinski definition) is 1. The first-order chi connectivity index (χ1) is 8.28. The van der Waals surface area contributed by atoms with Crippen LogP contribution >= 0.6 is 0 Å². The summed E-state index contributed by atoms with van der Waals surface area (Å²) in [4.78, 5) is 15.5. The lowest BCUT2D eigenvalue weighted by molar-refractivity contribution is 0.0693. The van der Waals surface area contributed by atoms with Gasteiger partial charge in [-0.05, 0) is 30.0 Å².